The Labute approximate surface area is 155 Å². The van der Waals surface area contributed by atoms with Crippen LogP contribution < -0.4 is 10.6 Å². The summed E-state index contributed by atoms with van der Waals surface area (Å²) in [5, 5.41) is 15.8. The Kier molecular flexibility index (Phi) is 5.73. The number of nitrogens with zero attached hydrogens (tertiary/aromatic N) is 2. The lowest BCUT2D eigenvalue weighted by atomic mass is 9.86. The summed E-state index contributed by atoms with van der Waals surface area (Å²) < 4.78 is 1.05. The van der Waals surface area contributed by atoms with Gasteiger partial charge in [0.2, 0.25) is 5.95 Å². The van der Waals surface area contributed by atoms with E-state index in [-0.39, 0.29) is 6.04 Å². The molecule has 1 fully saturated rings. The lowest BCUT2D eigenvalue weighted by molar-refractivity contribution is 0.183. The molecule has 1 aromatic carbocycles. The van der Waals surface area contributed by atoms with E-state index in [0.29, 0.717) is 11.9 Å². The summed E-state index contributed by atoms with van der Waals surface area (Å²) in [4.78, 5) is 19.8. The van der Waals surface area contributed by atoms with Crippen molar-refractivity contribution in [3.05, 3.63) is 28.4 Å². The molecule has 1 aromatic heterocycles. The first-order chi connectivity index (χ1) is 12.0. The Morgan fingerprint density at radius 1 is 1.32 bits per heavy atom. The third kappa shape index (κ3) is 4.60. The fraction of sp³-hybridized carbons (Fsp3) is 0.500. The molecule has 6 nitrogen and oxygen atoms in total. The van der Waals surface area contributed by atoms with Gasteiger partial charge in [0, 0.05) is 28.6 Å². The van der Waals surface area contributed by atoms with E-state index in [1.165, 1.54) is 5.56 Å². The summed E-state index contributed by atoms with van der Waals surface area (Å²) in [6.07, 6.45) is 5.67. The number of aromatic nitrogens is 2. The van der Waals surface area contributed by atoms with Crippen LogP contribution in [0.4, 0.5) is 10.7 Å². The molecule has 25 heavy (non-hydrogen) atoms. The number of nitrogens with one attached hydrogen (secondary N) is 2. The lowest BCUT2D eigenvalue weighted by Crippen LogP contribution is -2.37. The van der Waals surface area contributed by atoms with Gasteiger partial charge < -0.3 is 15.7 Å². The number of aryl methyl sites for hydroxylation is 1. The molecule has 7 heteroatoms. The van der Waals surface area contributed by atoms with Gasteiger partial charge >= 0.3 is 6.09 Å². The Bertz CT molecular complexity index is 760. The standard InChI is InChI=1S/C18H23BrN4O2/c1-2-12-7-14(19)8-13-10-21-17(23-16(12)13)20-9-11-3-5-15(6-4-11)22-18(24)25/h7-8,10-11,15,22H,2-6,9H2,1H3,(H,24,25)(H,20,21,23). The minimum atomic E-state index is -0.926. The van der Waals surface area contributed by atoms with Crippen molar-refractivity contribution >= 4 is 38.9 Å². The Morgan fingerprint density at radius 2 is 2.08 bits per heavy atom. The number of hydrogen-bond acceptors (Lipinski definition) is 4. The molecule has 0 bridgehead atoms. The first kappa shape index (κ1) is 17.9. The second-order valence-electron chi connectivity index (χ2n) is 6.60. The molecule has 3 rings (SSSR count). The van der Waals surface area contributed by atoms with Crippen LogP contribution in [0.5, 0.6) is 0 Å². The predicted octanol–water partition coefficient (Wildman–Crippen LogP) is 4.19. The van der Waals surface area contributed by atoms with Crippen molar-refractivity contribution < 1.29 is 9.90 Å². The monoisotopic (exact) mass is 406 g/mol. The largest absolute Gasteiger partial charge is 0.465 e. The smallest absolute Gasteiger partial charge is 0.404 e. The number of carbonyl (C=O) groups is 1. The van der Waals surface area contributed by atoms with Crippen molar-refractivity contribution in [2.75, 3.05) is 11.9 Å². The van der Waals surface area contributed by atoms with Crippen LogP contribution in [0.25, 0.3) is 10.9 Å². The van der Waals surface area contributed by atoms with Crippen molar-refractivity contribution in [3.63, 3.8) is 0 Å². The summed E-state index contributed by atoms with van der Waals surface area (Å²) in [5.41, 5.74) is 2.20. The zero-order chi connectivity index (χ0) is 17.8. The van der Waals surface area contributed by atoms with Crippen LogP contribution in [0, 0.1) is 5.92 Å². The van der Waals surface area contributed by atoms with Crippen LogP contribution in [0.1, 0.15) is 38.2 Å². The third-order valence-corrected chi connectivity index (χ3v) is 5.29. The second-order valence-corrected chi connectivity index (χ2v) is 7.51. The summed E-state index contributed by atoms with van der Waals surface area (Å²) in [5.74, 6) is 1.19. The number of fused-ring (bicyclic) bond motifs is 1. The van der Waals surface area contributed by atoms with Crippen LogP contribution in [-0.2, 0) is 6.42 Å². The molecule has 0 saturated heterocycles. The van der Waals surface area contributed by atoms with E-state index in [4.69, 9.17) is 10.1 Å². The zero-order valence-corrected chi connectivity index (χ0v) is 15.8. The SMILES string of the molecule is CCc1cc(Br)cc2cnc(NCC3CCC(NC(=O)O)CC3)nc12. The zero-order valence-electron chi connectivity index (χ0n) is 14.3. The Balaban J connectivity index is 1.60. The van der Waals surface area contributed by atoms with Crippen LogP contribution in [0.2, 0.25) is 0 Å². The fourth-order valence-electron chi connectivity index (χ4n) is 3.45. The van der Waals surface area contributed by atoms with Gasteiger partial charge in [-0.2, -0.15) is 0 Å². The lowest BCUT2D eigenvalue weighted by Gasteiger charge is -2.28. The van der Waals surface area contributed by atoms with Crippen molar-refractivity contribution in [2.24, 2.45) is 5.92 Å². The molecule has 1 aliphatic rings. The second kappa shape index (κ2) is 7.99. The summed E-state index contributed by atoms with van der Waals surface area (Å²) in [6.45, 7) is 2.95. The van der Waals surface area contributed by atoms with Gasteiger partial charge in [-0.15, -0.1) is 0 Å². The Morgan fingerprint density at radius 3 is 2.76 bits per heavy atom. The van der Waals surface area contributed by atoms with Gasteiger partial charge in [-0.1, -0.05) is 22.9 Å². The van der Waals surface area contributed by atoms with Crippen LogP contribution in [-0.4, -0.2) is 33.8 Å². The summed E-state index contributed by atoms with van der Waals surface area (Å²) in [7, 11) is 0. The molecule has 1 heterocycles. The molecule has 3 N–H and O–H groups in total. The molecule has 1 saturated carbocycles. The highest BCUT2D eigenvalue weighted by molar-refractivity contribution is 9.10. The number of amides is 1. The number of hydrogen-bond donors (Lipinski definition) is 3. The number of rotatable bonds is 5. The fourth-order valence-corrected chi connectivity index (χ4v) is 3.98. The van der Waals surface area contributed by atoms with Crippen LogP contribution in [0.15, 0.2) is 22.8 Å². The summed E-state index contributed by atoms with van der Waals surface area (Å²) >= 11 is 3.53. The molecule has 1 amide bonds. The molecule has 0 aliphatic heterocycles. The topological polar surface area (TPSA) is 87.1 Å². The third-order valence-electron chi connectivity index (χ3n) is 4.83. The first-order valence-corrected chi connectivity index (χ1v) is 9.53. The number of anilines is 1. The van der Waals surface area contributed by atoms with Gasteiger partial charge in [0.15, 0.2) is 0 Å². The predicted molar refractivity (Wildman–Crippen MR) is 102 cm³/mol. The van der Waals surface area contributed by atoms with Gasteiger partial charge in [-0.05, 0) is 55.7 Å². The van der Waals surface area contributed by atoms with Gasteiger partial charge in [-0.3, -0.25) is 0 Å². The average Bonchev–Trinajstić information content (AvgIpc) is 2.60. The van der Waals surface area contributed by atoms with Crippen molar-refractivity contribution in [3.8, 4) is 0 Å². The van der Waals surface area contributed by atoms with E-state index in [9.17, 15) is 4.79 Å². The highest BCUT2D eigenvalue weighted by Crippen LogP contribution is 2.26. The molecular weight excluding hydrogens is 384 g/mol. The summed E-state index contributed by atoms with van der Waals surface area (Å²) in [6, 6.07) is 4.24. The minimum absolute atomic E-state index is 0.0937. The molecule has 2 aromatic rings. The van der Waals surface area contributed by atoms with Gasteiger partial charge in [0.1, 0.15) is 0 Å². The van der Waals surface area contributed by atoms with E-state index in [0.717, 1.165) is 54.0 Å². The van der Waals surface area contributed by atoms with E-state index in [1.807, 2.05) is 12.3 Å². The highest BCUT2D eigenvalue weighted by Gasteiger charge is 2.22. The molecule has 1 aliphatic carbocycles. The molecule has 0 spiro atoms. The van der Waals surface area contributed by atoms with Gasteiger partial charge in [-0.25, -0.2) is 14.8 Å². The highest BCUT2D eigenvalue weighted by atomic mass is 79.9. The first-order valence-electron chi connectivity index (χ1n) is 8.73. The van der Waals surface area contributed by atoms with Crippen molar-refractivity contribution in [1.82, 2.24) is 15.3 Å². The number of benzene rings is 1. The molecule has 134 valence electrons. The van der Waals surface area contributed by atoms with Crippen molar-refractivity contribution in [2.45, 2.75) is 45.1 Å². The minimum Gasteiger partial charge on any atom is -0.465 e. The average molecular weight is 407 g/mol. The normalized spacial score (nSPS) is 20.4. The molecular formula is C18H23BrN4O2. The number of carboxylic acid groups (broad SMARTS) is 1. The Hall–Kier alpha value is -1.89. The van der Waals surface area contributed by atoms with E-state index in [1.54, 1.807) is 0 Å². The maximum Gasteiger partial charge on any atom is 0.404 e. The van der Waals surface area contributed by atoms with E-state index in [2.05, 4.69) is 44.5 Å². The maximum atomic E-state index is 10.7. The van der Waals surface area contributed by atoms with Crippen molar-refractivity contribution in [1.29, 1.82) is 0 Å². The van der Waals surface area contributed by atoms with E-state index >= 15 is 0 Å². The molecule has 0 unspecified atom stereocenters. The van der Waals surface area contributed by atoms with Gasteiger partial charge in [0.05, 0.1) is 5.52 Å². The molecule has 0 radical (unpaired) electrons. The molecule has 0 atom stereocenters. The maximum absolute atomic E-state index is 10.7. The van der Waals surface area contributed by atoms with Crippen LogP contribution >= 0.6 is 15.9 Å². The van der Waals surface area contributed by atoms with E-state index < -0.39 is 6.09 Å². The number of halogens is 1. The quantitative estimate of drug-likeness (QED) is 0.692. The van der Waals surface area contributed by atoms with Gasteiger partial charge in [0.25, 0.3) is 0 Å². The van der Waals surface area contributed by atoms with Crippen LogP contribution in [0.3, 0.4) is 0 Å².